The highest BCUT2D eigenvalue weighted by atomic mass is 35.5. The van der Waals surface area contributed by atoms with Gasteiger partial charge in [0.1, 0.15) is 5.75 Å². The molecule has 2 atom stereocenters. The van der Waals surface area contributed by atoms with Crippen molar-refractivity contribution in [2.45, 2.75) is 36.3 Å². The Labute approximate surface area is 130 Å². The maximum Gasteiger partial charge on any atom is 0.243 e. The van der Waals surface area contributed by atoms with Crippen molar-refractivity contribution in [3.8, 4) is 5.75 Å². The van der Waals surface area contributed by atoms with Crippen LogP contribution in [0, 0.1) is 0 Å². The Bertz CT molecular complexity index is 605. The van der Waals surface area contributed by atoms with Crippen LogP contribution in [0.2, 0.25) is 0 Å². The number of benzene rings is 1. The Morgan fingerprint density at radius 2 is 2.19 bits per heavy atom. The number of hydrogen-bond acceptors (Lipinski definition) is 4. The molecule has 1 aromatic carbocycles. The third-order valence-electron chi connectivity index (χ3n) is 3.88. The van der Waals surface area contributed by atoms with Crippen LogP contribution in [0.3, 0.4) is 0 Å². The van der Waals surface area contributed by atoms with Gasteiger partial charge in [0.05, 0.1) is 30.0 Å². The zero-order valence-electron chi connectivity index (χ0n) is 12.4. The van der Waals surface area contributed by atoms with E-state index in [9.17, 15) is 8.42 Å². The first-order valence-electron chi connectivity index (χ1n) is 6.74. The van der Waals surface area contributed by atoms with Gasteiger partial charge in [-0.25, -0.2) is 8.42 Å². The van der Waals surface area contributed by atoms with E-state index in [0.29, 0.717) is 24.3 Å². The van der Waals surface area contributed by atoms with E-state index in [2.05, 4.69) is 0 Å². The van der Waals surface area contributed by atoms with Gasteiger partial charge in [0.15, 0.2) is 0 Å². The van der Waals surface area contributed by atoms with E-state index in [1.165, 1.54) is 11.4 Å². The summed E-state index contributed by atoms with van der Waals surface area (Å²) in [6, 6.07) is 4.60. The van der Waals surface area contributed by atoms with E-state index in [0.717, 1.165) is 0 Å². The normalized spacial score (nSPS) is 22.7. The minimum absolute atomic E-state index is 0.101. The highest BCUT2D eigenvalue weighted by Crippen LogP contribution is 2.28. The molecule has 0 amide bonds. The second-order valence-corrected chi connectivity index (χ2v) is 7.33. The lowest BCUT2D eigenvalue weighted by molar-refractivity contribution is 0.102. The van der Waals surface area contributed by atoms with Crippen LogP contribution >= 0.6 is 11.6 Å². The lowest BCUT2D eigenvalue weighted by Gasteiger charge is -2.26. The predicted molar refractivity (Wildman–Crippen MR) is 81.3 cm³/mol. The first-order chi connectivity index (χ1) is 9.91. The molecule has 0 radical (unpaired) electrons. The average Bonchev–Trinajstić information content (AvgIpc) is 2.91. The van der Waals surface area contributed by atoms with Crippen molar-refractivity contribution < 1.29 is 17.9 Å². The predicted octanol–water partition coefficient (Wildman–Crippen LogP) is 2.23. The molecule has 5 nitrogen and oxygen atoms in total. The van der Waals surface area contributed by atoms with Gasteiger partial charge in [-0.1, -0.05) is 0 Å². The molecular formula is C14H20ClNO4S. The minimum atomic E-state index is -3.57. The number of sulfonamides is 1. The van der Waals surface area contributed by atoms with Gasteiger partial charge in [-0.3, -0.25) is 0 Å². The van der Waals surface area contributed by atoms with Crippen molar-refractivity contribution in [3.05, 3.63) is 23.8 Å². The first kappa shape index (κ1) is 16.5. The van der Waals surface area contributed by atoms with E-state index in [4.69, 9.17) is 21.1 Å². The lowest BCUT2D eigenvalue weighted by atomic mass is 10.2. The zero-order valence-corrected chi connectivity index (χ0v) is 13.9. The van der Waals surface area contributed by atoms with Crippen LogP contribution in [0.4, 0.5) is 0 Å². The van der Waals surface area contributed by atoms with Gasteiger partial charge in [-0.15, -0.1) is 11.6 Å². The quantitative estimate of drug-likeness (QED) is 0.775. The Hall–Kier alpha value is -0.820. The third kappa shape index (κ3) is 3.18. The van der Waals surface area contributed by atoms with E-state index < -0.39 is 10.0 Å². The molecule has 1 saturated heterocycles. The number of hydrogen-bond donors (Lipinski definition) is 0. The average molecular weight is 334 g/mol. The summed E-state index contributed by atoms with van der Waals surface area (Å²) >= 11 is 5.85. The van der Waals surface area contributed by atoms with Crippen molar-refractivity contribution in [1.29, 1.82) is 0 Å². The highest BCUT2D eigenvalue weighted by molar-refractivity contribution is 7.89. The molecule has 2 unspecified atom stereocenters. The fourth-order valence-corrected chi connectivity index (χ4v) is 4.27. The minimum Gasteiger partial charge on any atom is -0.496 e. The maximum absolute atomic E-state index is 12.7. The number of alkyl halides is 1. The molecule has 1 aliphatic rings. The summed E-state index contributed by atoms with van der Waals surface area (Å²) in [7, 11) is -0.450. The van der Waals surface area contributed by atoms with Gasteiger partial charge in [-0.05, 0) is 31.5 Å². The molecule has 1 aromatic rings. The van der Waals surface area contributed by atoms with Gasteiger partial charge >= 0.3 is 0 Å². The van der Waals surface area contributed by atoms with Crippen molar-refractivity contribution in [2.24, 2.45) is 0 Å². The Balaban J connectivity index is 2.35. The molecule has 7 heteroatoms. The van der Waals surface area contributed by atoms with Crippen molar-refractivity contribution >= 4 is 21.6 Å². The van der Waals surface area contributed by atoms with Crippen LogP contribution < -0.4 is 4.74 Å². The summed E-state index contributed by atoms with van der Waals surface area (Å²) in [5.74, 6) is 0.781. The summed E-state index contributed by atoms with van der Waals surface area (Å²) < 4.78 is 37.5. The molecule has 0 N–H and O–H groups in total. The highest BCUT2D eigenvalue weighted by Gasteiger charge is 2.35. The summed E-state index contributed by atoms with van der Waals surface area (Å²) in [5, 5.41) is 0. The molecule has 0 saturated carbocycles. The molecule has 2 rings (SSSR count). The number of halogens is 1. The molecular weight excluding hydrogens is 314 g/mol. The van der Waals surface area contributed by atoms with E-state index in [1.807, 2.05) is 6.92 Å². The van der Waals surface area contributed by atoms with Gasteiger partial charge in [0.25, 0.3) is 0 Å². The third-order valence-corrected chi connectivity index (χ3v) is 6.04. The number of rotatable bonds is 5. The second-order valence-electron chi connectivity index (χ2n) is 5.06. The van der Waals surface area contributed by atoms with Gasteiger partial charge < -0.3 is 9.47 Å². The Morgan fingerprint density at radius 3 is 2.71 bits per heavy atom. The molecule has 21 heavy (non-hydrogen) atoms. The first-order valence-corrected chi connectivity index (χ1v) is 8.71. The van der Waals surface area contributed by atoms with Crippen molar-refractivity contribution in [3.63, 3.8) is 0 Å². The fraction of sp³-hybridized carbons (Fsp3) is 0.571. The molecule has 0 aliphatic carbocycles. The van der Waals surface area contributed by atoms with E-state index in [1.54, 1.807) is 25.2 Å². The fourth-order valence-electron chi connectivity index (χ4n) is 2.56. The number of likely N-dealkylation sites (N-methyl/N-ethyl adjacent to an activating group) is 1. The number of nitrogens with zero attached hydrogens (tertiary/aromatic N) is 1. The summed E-state index contributed by atoms with van der Waals surface area (Å²) in [6.07, 6.45) is 0.602. The monoisotopic (exact) mass is 333 g/mol. The SMILES string of the molecule is COc1ccc(S(=O)(=O)N(C)C2CCOC2C)cc1CCl. The Kier molecular flexibility index (Phi) is 5.14. The standard InChI is InChI=1S/C14H20ClNO4S/c1-10-13(6-7-20-10)16(2)21(17,18)12-4-5-14(19-3)11(8-12)9-15/h4-5,8,10,13H,6-7,9H2,1-3H3. The number of methoxy groups -OCH3 is 1. The Morgan fingerprint density at radius 1 is 1.48 bits per heavy atom. The smallest absolute Gasteiger partial charge is 0.243 e. The molecule has 0 aromatic heterocycles. The summed E-state index contributed by atoms with van der Waals surface area (Å²) in [4.78, 5) is 0.223. The van der Waals surface area contributed by atoms with Crippen LogP contribution in [0.5, 0.6) is 5.75 Å². The second kappa shape index (κ2) is 6.52. The molecule has 0 bridgehead atoms. The molecule has 1 aliphatic heterocycles. The van der Waals surface area contributed by atoms with Crippen LogP contribution in [-0.4, -0.2) is 45.6 Å². The van der Waals surface area contributed by atoms with Crippen molar-refractivity contribution in [2.75, 3.05) is 20.8 Å². The van der Waals surface area contributed by atoms with Gasteiger partial charge in [0.2, 0.25) is 10.0 Å². The van der Waals surface area contributed by atoms with Gasteiger partial charge in [-0.2, -0.15) is 4.31 Å². The summed E-state index contributed by atoms with van der Waals surface area (Å²) in [6.45, 7) is 2.48. The molecule has 1 fully saturated rings. The van der Waals surface area contributed by atoms with Crippen LogP contribution in [-0.2, 0) is 20.6 Å². The number of ether oxygens (including phenoxy) is 2. The molecule has 118 valence electrons. The largest absolute Gasteiger partial charge is 0.496 e. The molecule has 1 heterocycles. The molecule has 0 spiro atoms. The van der Waals surface area contributed by atoms with Crippen LogP contribution in [0.1, 0.15) is 18.9 Å². The summed E-state index contributed by atoms with van der Waals surface area (Å²) in [5.41, 5.74) is 0.657. The van der Waals surface area contributed by atoms with E-state index >= 15 is 0 Å². The lowest BCUT2D eigenvalue weighted by Crippen LogP contribution is -2.40. The van der Waals surface area contributed by atoms with E-state index in [-0.39, 0.29) is 22.9 Å². The maximum atomic E-state index is 12.7. The van der Waals surface area contributed by atoms with Crippen molar-refractivity contribution in [1.82, 2.24) is 4.31 Å². The van der Waals surface area contributed by atoms with Crippen LogP contribution in [0.15, 0.2) is 23.1 Å². The van der Waals surface area contributed by atoms with Gasteiger partial charge in [0, 0.05) is 19.2 Å². The topological polar surface area (TPSA) is 55.8 Å². The zero-order chi connectivity index (χ0) is 15.6. The van der Waals surface area contributed by atoms with Crippen LogP contribution in [0.25, 0.3) is 0 Å².